The largest absolute Gasteiger partial charge is 0.375 e. The van der Waals surface area contributed by atoms with E-state index in [-0.39, 0.29) is 5.41 Å². The molecule has 188 valence electrons. The van der Waals surface area contributed by atoms with Gasteiger partial charge in [-0.25, -0.2) is 4.98 Å². The third kappa shape index (κ3) is 2.77. The van der Waals surface area contributed by atoms with E-state index in [2.05, 4.69) is 61.5 Å². The fourth-order valence-corrected chi connectivity index (χ4v) is 11.8. The van der Waals surface area contributed by atoms with Crippen molar-refractivity contribution in [2.45, 2.75) is 119 Å². The Labute approximate surface area is 212 Å². The summed E-state index contributed by atoms with van der Waals surface area (Å²) >= 11 is 1.76. The lowest BCUT2D eigenvalue weighted by atomic mass is 9.32. The molecule has 0 aromatic carbocycles. The summed E-state index contributed by atoms with van der Waals surface area (Å²) < 4.78 is 0. The highest BCUT2D eigenvalue weighted by molar-refractivity contribution is 7.15. The van der Waals surface area contributed by atoms with E-state index >= 15 is 0 Å². The van der Waals surface area contributed by atoms with Gasteiger partial charge in [0.1, 0.15) is 0 Å². The summed E-state index contributed by atoms with van der Waals surface area (Å²) in [4.78, 5) is 6.30. The molecule has 0 radical (unpaired) electrons. The van der Waals surface area contributed by atoms with Crippen molar-refractivity contribution in [3.63, 3.8) is 0 Å². The van der Waals surface area contributed by atoms with E-state index < -0.39 is 0 Å². The second kappa shape index (κ2) is 6.73. The van der Waals surface area contributed by atoms with Crippen molar-refractivity contribution in [2.75, 3.05) is 5.73 Å². The van der Waals surface area contributed by atoms with Crippen LogP contribution >= 0.6 is 11.3 Å². The average molecular weight is 481 g/mol. The lowest BCUT2D eigenvalue weighted by Gasteiger charge is -2.73. The second-order valence-corrected chi connectivity index (χ2v) is 16.7. The molecular formula is C31H48N2S. The van der Waals surface area contributed by atoms with Crippen LogP contribution in [0.25, 0.3) is 0 Å². The number of fused-ring (bicyclic) bond motifs is 8. The zero-order chi connectivity index (χ0) is 24.5. The van der Waals surface area contributed by atoms with Gasteiger partial charge in [0.25, 0.3) is 0 Å². The first-order valence-electron chi connectivity index (χ1n) is 14.1. The zero-order valence-corrected chi connectivity index (χ0v) is 23.9. The number of nitrogens with zero attached hydrogens (tertiary/aromatic N) is 1. The molecule has 0 unspecified atom stereocenters. The van der Waals surface area contributed by atoms with Crippen molar-refractivity contribution in [1.82, 2.24) is 4.98 Å². The second-order valence-electron chi connectivity index (χ2n) is 15.6. The maximum Gasteiger partial charge on any atom is 0.180 e. The molecule has 34 heavy (non-hydrogen) atoms. The Morgan fingerprint density at radius 2 is 1.50 bits per heavy atom. The van der Waals surface area contributed by atoms with Crippen LogP contribution in [0.1, 0.15) is 117 Å². The number of allylic oxidation sites excluding steroid dienone is 2. The van der Waals surface area contributed by atoms with Gasteiger partial charge in [0.15, 0.2) is 5.13 Å². The van der Waals surface area contributed by atoms with Crippen LogP contribution in [-0.4, -0.2) is 4.98 Å². The van der Waals surface area contributed by atoms with Gasteiger partial charge in [-0.05, 0) is 103 Å². The van der Waals surface area contributed by atoms with Crippen molar-refractivity contribution in [1.29, 1.82) is 0 Å². The molecule has 1 aromatic heterocycles. The fraction of sp³-hybridized carbons (Fsp3) is 0.839. The van der Waals surface area contributed by atoms with Crippen LogP contribution in [-0.2, 0) is 11.8 Å². The molecule has 3 heteroatoms. The van der Waals surface area contributed by atoms with E-state index in [9.17, 15) is 0 Å². The lowest BCUT2D eigenvalue weighted by Crippen LogP contribution is -2.65. The SMILES string of the molecule is CC1(C)CC[C@]2(C)CC[C@]3(C)[C@H]4CC=C5[C@@H](Cc6sc(N)nc6C5(C)C)[C@]4(C)CC[C@@]3(C)[C@@H]2C1. The van der Waals surface area contributed by atoms with Crippen LogP contribution in [0.5, 0.6) is 0 Å². The van der Waals surface area contributed by atoms with Gasteiger partial charge in [0.2, 0.25) is 0 Å². The van der Waals surface area contributed by atoms with Gasteiger partial charge in [0.05, 0.1) is 5.69 Å². The predicted molar refractivity (Wildman–Crippen MR) is 145 cm³/mol. The predicted octanol–water partition coefficient (Wildman–Crippen LogP) is 8.56. The van der Waals surface area contributed by atoms with Crippen LogP contribution in [0.15, 0.2) is 11.6 Å². The Balaban J connectivity index is 1.43. The molecule has 5 aliphatic rings. The fourth-order valence-electron chi connectivity index (χ4n) is 10.7. The van der Waals surface area contributed by atoms with Crippen molar-refractivity contribution in [2.24, 2.45) is 44.8 Å². The molecule has 0 bridgehead atoms. The van der Waals surface area contributed by atoms with Crippen molar-refractivity contribution >= 4 is 16.5 Å². The molecule has 0 aliphatic heterocycles. The van der Waals surface area contributed by atoms with Gasteiger partial charge in [-0.3, -0.25) is 0 Å². The Kier molecular flexibility index (Phi) is 4.66. The highest BCUT2D eigenvalue weighted by atomic mass is 32.1. The first-order valence-corrected chi connectivity index (χ1v) is 14.9. The smallest absolute Gasteiger partial charge is 0.180 e. The average Bonchev–Trinajstić information content (AvgIpc) is 3.13. The summed E-state index contributed by atoms with van der Waals surface area (Å²) in [5.41, 5.74) is 11.5. The Hall–Kier alpha value is -0.830. The summed E-state index contributed by atoms with van der Waals surface area (Å²) in [6.45, 7) is 20.8. The molecule has 3 saturated carbocycles. The molecule has 1 heterocycles. The number of nitrogen functional groups attached to an aromatic ring is 1. The third-order valence-corrected chi connectivity index (χ3v) is 14.1. The minimum absolute atomic E-state index is 0.0144. The number of hydrogen-bond acceptors (Lipinski definition) is 3. The van der Waals surface area contributed by atoms with Gasteiger partial charge in [-0.1, -0.05) is 67.0 Å². The molecule has 3 fully saturated rings. The monoisotopic (exact) mass is 480 g/mol. The van der Waals surface area contributed by atoms with Gasteiger partial charge >= 0.3 is 0 Å². The van der Waals surface area contributed by atoms with Crippen molar-refractivity contribution < 1.29 is 0 Å². The number of hydrogen-bond donors (Lipinski definition) is 1. The molecule has 2 nitrogen and oxygen atoms in total. The molecule has 5 aliphatic carbocycles. The van der Waals surface area contributed by atoms with Crippen LogP contribution in [0.2, 0.25) is 0 Å². The normalized spacial score (nSPS) is 48.5. The molecule has 2 N–H and O–H groups in total. The molecular weight excluding hydrogens is 432 g/mol. The Bertz CT molecular complexity index is 1060. The molecule has 6 rings (SSSR count). The minimum atomic E-state index is 0.0144. The summed E-state index contributed by atoms with van der Waals surface area (Å²) in [5.74, 6) is 2.30. The van der Waals surface area contributed by atoms with Crippen LogP contribution in [0.4, 0.5) is 5.13 Å². The van der Waals surface area contributed by atoms with Crippen LogP contribution in [0.3, 0.4) is 0 Å². The standard InChI is InChI=1S/C31H48N2S/c1-26(2)11-12-28(5)13-15-30(7)22-10-9-19-20(17-21-24(27(19,3)4)33-25(32)34-21)29(22,6)14-16-31(30,8)23(28)18-26/h9,20,22-23H,10-18H2,1-8H3,(H2,32,33)/t20-,22+,23-,28-,29+,30-,31+/m1/s1. The van der Waals surface area contributed by atoms with Gasteiger partial charge in [-0.15, -0.1) is 11.3 Å². The number of rotatable bonds is 0. The van der Waals surface area contributed by atoms with Crippen LogP contribution < -0.4 is 5.73 Å². The van der Waals surface area contributed by atoms with Crippen molar-refractivity contribution in [3.05, 3.63) is 22.2 Å². The quantitative estimate of drug-likeness (QED) is 0.378. The van der Waals surface area contributed by atoms with Gasteiger partial charge in [0, 0.05) is 10.3 Å². The van der Waals surface area contributed by atoms with Crippen LogP contribution in [0, 0.1) is 44.8 Å². The lowest BCUT2D eigenvalue weighted by molar-refractivity contribution is -0.228. The Morgan fingerprint density at radius 3 is 2.24 bits per heavy atom. The summed E-state index contributed by atoms with van der Waals surface area (Å²) in [6, 6.07) is 0. The zero-order valence-electron chi connectivity index (χ0n) is 23.1. The number of nitrogens with two attached hydrogens (primary N) is 1. The number of anilines is 1. The van der Waals surface area contributed by atoms with E-state index in [1.165, 1.54) is 61.9 Å². The van der Waals surface area contributed by atoms with E-state index in [4.69, 9.17) is 10.7 Å². The van der Waals surface area contributed by atoms with Gasteiger partial charge < -0.3 is 5.73 Å². The van der Waals surface area contributed by atoms with E-state index in [0.29, 0.717) is 33.0 Å². The maximum atomic E-state index is 6.24. The first-order chi connectivity index (χ1) is 15.7. The third-order valence-electron chi connectivity index (χ3n) is 13.2. The highest BCUT2D eigenvalue weighted by Crippen LogP contribution is 2.77. The number of thiazole rings is 1. The molecule has 1 aromatic rings. The number of aromatic nitrogens is 1. The maximum absolute atomic E-state index is 6.24. The molecule has 0 saturated heterocycles. The Morgan fingerprint density at radius 1 is 0.853 bits per heavy atom. The first kappa shape index (κ1) is 23.6. The molecule has 0 spiro atoms. The topological polar surface area (TPSA) is 38.9 Å². The highest BCUT2D eigenvalue weighted by Gasteiger charge is 2.69. The van der Waals surface area contributed by atoms with Gasteiger partial charge in [-0.2, -0.15) is 0 Å². The summed E-state index contributed by atoms with van der Waals surface area (Å²) in [5, 5.41) is 0.758. The van der Waals surface area contributed by atoms with Crippen molar-refractivity contribution in [3.8, 4) is 0 Å². The molecule has 7 atom stereocenters. The molecule has 0 amide bonds. The van der Waals surface area contributed by atoms with E-state index in [1.807, 2.05) is 0 Å². The summed E-state index contributed by atoms with van der Waals surface area (Å²) in [6.07, 6.45) is 15.1. The minimum Gasteiger partial charge on any atom is -0.375 e. The van der Waals surface area contributed by atoms with E-state index in [1.54, 1.807) is 16.9 Å². The summed E-state index contributed by atoms with van der Waals surface area (Å²) in [7, 11) is 0. The van der Waals surface area contributed by atoms with E-state index in [0.717, 1.165) is 23.4 Å².